The third-order valence-corrected chi connectivity index (χ3v) is 27.1. The van der Waals surface area contributed by atoms with Gasteiger partial charge in [-0.25, -0.2) is 14.4 Å². The summed E-state index contributed by atoms with van der Waals surface area (Å²) in [5.74, 6) is -5.90. The molecule has 0 spiro atoms. The second kappa shape index (κ2) is 44.1. The highest BCUT2D eigenvalue weighted by Crippen LogP contribution is 2.47. The average Bonchev–Trinajstić information content (AvgIpc) is 1.23. The minimum Gasteiger partial charge on any atom is -0.469 e. The molecule has 34 nitrogen and oxygen atoms in total. The van der Waals surface area contributed by atoms with Crippen molar-refractivity contribution >= 4 is 36.2 Å². The normalized spacial score (nSPS) is 44.7. The maximum atomic E-state index is 14.6. The van der Waals surface area contributed by atoms with Gasteiger partial charge in [0.05, 0.1) is 104 Å². The smallest absolute Gasteiger partial charge is 0.469 e. The van der Waals surface area contributed by atoms with Gasteiger partial charge in [0.25, 0.3) is 0 Å². The van der Waals surface area contributed by atoms with Crippen LogP contribution in [0.15, 0.2) is 12.2 Å². The molecule has 8 aliphatic rings. The van der Waals surface area contributed by atoms with E-state index in [-0.39, 0.29) is 101 Å². The average molecular weight is 1750 g/mol. The lowest BCUT2D eigenvalue weighted by Crippen LogP contribution is -2.61. The van der Waals surface area contributed by atoms with E-state index in [4.69, 9.17) is 90.0 Å². The van der Waals surface area contributed by atoms with Crippen molar-refractivity contribution in [1.82, 2.24) is 19.6 Å². The zero-order chi connectivity index (χ0) is 91.5. The molecule has 8 saturated heterocycles. The van der Waals surface area contributed by atoms with Crippen LogP contribution in [0.1, 0.15) is 204 Å². The number of aliphatic hydroxyl groups is 4. The lowest BCUT2D eigenvalue weighted by molar-refractivity contribution is -0.321. The van der Waals surface area contributed by atoms with Crippen molar-refractivity contribution in [3.05, 3.63) is 12.2 Å². The van der Waals surface area contributed by atoms with Crippen LogP contribution in [-0.2, 0) is 114 Å². The lowest BCUT2D eigenvalue weighted by Gasteiger charge is -2.49. The van der Waals surface area contributed by atoms with E-state index in [9.17, 15) is 49.2 Å². The Morgan fingerprint density at radius 3 is 1.27 bits per heavy atom. The summed E-state index contributed by atoms with van der Waals surface area (Å²) in [4.78, 5) is 86.2. The number of esters is 4. The second-order valence-electron chi connectivity index (χ2n) is 37.9. The van der Waals surface area contributed by atoms with Gasteiger partial charge >= 0.3 is 36.2 Å². The molecule has 2 unspecified atom stereocenters. The van der Waals surface area contributed by atoms with Crippen LogP contribution < -0.4 is 0 Å². The third kappa shape index (κ3) is 25.1. The molecule has 0 bridgehead atoms. The molecule has 8 heterocycles. The molecule has 8 fully saturated rings. The van der Waals surface area contributed by atoms with E-state index in [1.807, 2.05) is 154 Å². The summed E-state index contributed by atoms with van der Waals surface area (Å²) < 4.78 is 123. The summed E-state index contributed by atoms with van der Waals surface area (Å²) in [6.45, 7) is 38.2. The fourth-order valence-electron chi connectivity index (χ4n) is 20.2. The van der Waals surface area contributed by atoms with Gasteiger partial charge in [0.1, 0.15) is 36.6 Å². The van der Waals surface area contributed by atoms with E-state index < -0.39 is 198 Å². The summed E-state index contributed by atoms with van der Waals surface area (Å²) in [5.41, 5.74) is -7.66. The highest BCUT2D eigenvalue weighted by atomic mass is 16.8. The zero-order valence-electron chi connectivity index (χ0n) is 78.6. The first-order valence-corrected chi connectivity index (χ1v) is 44.0. The fourth-order valence-corrected chi connectivity index (χ4v) is 20.2. The van der Waals surface area contributed by atoms with Crippen molar-refractivity contribution in [2.75, 3.05) is 97.0 Å². The Morgan fingerprint density at radius 1 is 0.533 bits per heavy atom. The molecule has 4 N–H and O–H groups in total. The van der Waals surface area contributed by atoms with Crippen LogP contribution in [0.4, 0.5) is 9.59 Å². The van der Waals surface area contributed by atoms with E-state index in [0.717, 1.165) is 0 Å². The molecule has 0 amide bonds. The first kappa shape index (κ1) is 104. The van der Waals surface area contributed by atoms with Crippen LogP contribution >= 0.6 is 0 Å². The van der Waals surface area contributed by atoms with Gasteiger partial charge in [0.2, 0.25) is 0 Å². The number of aliphatic hydroxyl groups excluding tert-OH is 2. The largest absolute Gasteiger partial charge is 0.509 e. The van der Waals surface area contributed by atoms with Crippen molar-refractivity contribution in [2.24, 2.45) is 35.5 Å². The number of likely N-dealkylation sites (N-methyl/N-ethyl adjacent to an activating group) is 4. The molecular formula is C88H156N4O30. The van der Waals surface area contributed by atoms with E-state index in [2.05, 4.69) is 9.64 Å². The predicted molar refractivity (Wildman–Crippen MR) is 447 cm³/mol. The van der Waals surface area contributed by atoms with Crippen LogP contribution in [0.25, 0.3) is 0 Å². The minimum absolute atomic E-state index is 0. The van der Waals surface area contributed by atoms with Crippen LogP contribution in [-0.4, -0.2) is 354 Å². The standard InChI is InChI=1S/C44H78N2O15.C44H76N2O15.H2/c2*1-16-31-44(10)37(60-41(50)61-44)28(6)46(13)23-24(2)21-42(8,51)36(59-40-34(48)30(45(11)12)20-25(3)55-40)26(4)35(27(5)39(49)57-31)58-33-22-43(9,53-15)38(29(7)56-33)54-19-17-18-32(47)52-14;/h24-31,33-38,40,48,51H,16-23H2,1-15H3;17-18,24-31,33-38,40,48,51H,16,19-23H2,1-15H3;1H/t2*24-,25-,26+,27-,28-,29+,30+,31-,33?,34-,35+,36-,37+,38+,40+,42-,43-,44-;/m11./s1. The summed E-state index contributed by atoms with van der Waals surface area (Å²) >= 11 is 0. The number of hydrogen-bond donors (Lipinski definition) is 4. The van der Waals surface area contributed by atoms with Gasteiger partial charge in [-0.3, -0.25) is 24.2 Å². The number of fused-ring (bicyclic) bond motifs is 2. The van der Waals surface area contributed by atoms with Gasteiger partial charge in [-0.05, 0) is 196 Å². The van der Waals surface area contributed by atoms with Gasteiger partial charge in [-0.2, -0.15) is 0 Å². The number of carbonyl (C=O) groups excluding carboxylic acids is 6. The SMILES string of the molecule is CC[C@H]1OC(=O)[C@H](C)[C@@H](OC2C[C@@](C)(OC)[C@@H](OCC=CC(=O)OC)[C@H](C)O2)[C@H](C)[C@@H](O[C@@H]2O[C@H](C)C[C@H](N(C)C)[C@H]2O)[C@](C)(O)C[C@@H](C)CN(C)[C@H](C)[C@@H]2OC(=O)O[C@]12C.CC[C@H]1OC(=O)[C@H](C)[C@@H](OC2C[C@@](C)(OC)[C@@H](OCCCC(=O)OC)[C@H](C)O2)[C@H](C)[C@@H](O[C@@H]2O[C@H](C)C[C@H](N(C)C)[C@H]2O)[C@](C)(O)C[C@@H](C)CN(C)[C@H](C)[C@@H]2OC(=O)O[C@]12C.[HH]. The number of methoxy groups -OCH3 is 4. The zero-order valence-corrected chi connectivity index (χ0v) is 78.6. The van der Waals surface area contributed by atoms with Gasteiger partial charge in [0.15, 0.2) is 48.6 Å². The summed E-state index contributed by atoms with van der Waals surface area (Å²) in [5, 5.41) is 48.8. The summed E-state index contributed by atoms with van der Waals surface area (Å²) in [6.07, 6.45) is -12.1. The van der Waals surface area contributed by atoms with Crippen molar-refractivity contribution in [2.45, 2.75) is 383 Å². The molecule has 0 saturated carbocycles. The maximum absolute atomic E-state index is 14.6. The molecule has 0 aliphatic carbocycles. The molecule has 0 aromatic rings. The number of ether oxygens (including phenoxy) is 20. The molecule has 708 valence electrons. The molecular weight excluding hydrogens is 1590 g/mol. The number of nitrogens with zero attached hydrogens (tertiary/aromatic N) is 4. The third-order valence-electron chi connectivity index (χ3n) is 27.1. The first-order chi connectivity index (χ1) is 56.8. The van der Waals surface area contributed by atoms with Gasteiger partial charge in [-0.15, -0.1) is 0 Å². The number of hydrogen-bond acceptors (Lipinski definition) is 34. The van der Waals surface area contributed by atoms with Crippen LogP contribution in [0.2, 0.25) is 0 Å². The van der Waals surface area contributed by atoms with Gasteiger partial charge in [-0.1, -0.05) is 47.6 Å². The van der Waals surface area contributed by atoms with Gasteiger partial charge < -0.3 is 125 Å². The number of cyclic esters (lactones) is 2. The first-order valence-electron chi connectivity index (χ1n) is 44.0. The topological polar surface area (TPSA) is 381 Å². The number of carbonyl (C=O) groups is 6. The second-order valence-corrected chi connectivity index (χ2v) is 37.9. The van der Waals surface area contributed by atoms with Crippen molar-refractivity contribution < 1.29 is 145 Å². The predicted octanol–water partition coefficient (Wildman–Crippen LogP) is 8.14. The quantitative estimate of drug-likeness (QED) is 0.0324. The molecule has 34 heteroatoms. The molecule has 8 rings (SSSR count). The molecule has 8 aliphatic heterocycles. The van der Waals surface area contributed by atoms with E-state index in [1.54, 1.807) is 61.8 Å². The lowest BCUT2D eigenvalue weighted by atomic mass is 9.77. The van der Waals surface area contributed by atoms with Crippen LogP contribution in [0.3, 0.4) is 0 Å². The number of rotatable bonds is 23. The molecule has 36 atom stereocenters. The van der Waals surface area contributed by atoms with Gasteiger partial charge in [0, 0.05) is 96.7 Å². The Labute approximate surface area is 726 Å². The van der Waals surface area contributed by atoms with Crippen LogP contribution in [0.5, 0.6) is 0 Å². The highest BCUT2D eigenvalue weighted by Gasteiger charge is 2.62. The maximum Gasteiger partial charge on any atom is 0.509 e. The molecule has 0 aromatic carbocycles. The molecule has 0 radical (unpaired) electrons. The monoisotopic (exact) mass is 1750 g/mol. The Kier molecular flexibility index (Phi) is 37.8. The summed E-state index contributed by atoms with van der Waals surface area (Å²) in [6, 6.07) is -1.30. The van der Waals surface area contributed by atoms with E-state index in [1.165, 1.54) is 20.3 Å². The Morgan fingerprint density at radius 2 is 0.918 bits per heavy atom. The Bertz CT molecular complexity index is 3390. The Balaban J connectivity index is 0.000000378. The van der Waals surface area contributed by atoms with Crippen LogP contribution in [0, 0.1) is 35.5 Å². The highest BCUT2D eigenvalue weighted by molar-refractivity contribution is 5.81. The van der Waals surface area contributed by atoms with E-state index in [0.29, 0.717) is 45.2 Å². The fraction of sp³-hybridized carbons (Fsp3) is 0.909. The molecule has 122 heavy (non-hydrogen) atoms. The minimum atomic E-state index is -1.58. The van der Waals surface area contributed by atoms with E-state index >= 15 is 0 Å². The van der Waals surface area contributed by atoms with Crippen molar-refractivity contribution in [1.29, 1.82) is 0 Å². The summed E-state index contributed by atoms with van der Waals surface area (Å²) in [7, 11) is 17.2. The van der Waals surface area contributed by atoms with Crippen molar-refractivity contribution in [3.8, 4) is 0 Å². The Hall–Kier alpha value is -4.64. The van der Waals surface area contributed by atoms with Crippen molar-refractivity contribution in [3.63, 3.8) is 0 Å². The molecule has 0 aromatic heterocycles.